The van der Waals surface area contributed by atoms with E-state index in [1.807, 2.05) is 35.8 Å². The standard InChI is InChI=1S/C22H25NS4/c1-15(2)19(24)21(17-11-7-5-8-12-17)26-23-25-20(16(3)4)22(27-23)18-13-9-6-10-14-18/h5-16,24H,1-4H3/p+1/b21-19-. The van der Waals surface area contributed by atoms with Gasteiger partial charge >= 0.3 is 0 Å². The molecule has 1 atom stereocenters. The van der Waals surface area contributed by atoms with E-state index in [0.29, 0.717) is 11.8 Å². The highest BCUT2D eigenvalue weighted by molar-refractivity contribution is 8.25. The molecule has 1 heterocycles. The Bertz CT molecular complexity index is 826. The Morgan fingerprint density at radius 2 is 1.48 bits per heavy atom. The van der Waals surface area contributed by atoms with Gasteiger partial charge in [-0.05, 0) is 23.0 Å². The molecule has 1 unspecified atom stereocenters. The highest BCUT2D eigenvalue weighted by Gasteiger charge is 2.35. The zero-order chi connectivity index (χ0) is 19.4. The molecule has 0 saturated heterocycles. The molecule has 1 nitrogen and oxygen atoms in total. The first-order chi connectivity index (χ1) is 13.0. The number of hydrogen-bond acceptors (Lipinski definition) is 4. The molecule has 0 radical (unpaired) electrons. The maximum absolute atomic E-state index is 4.87. The first kappa shape index (κ1) is 21.0. The Kier molecular flexibility index (Phi) is 7.51. The van der Waals surface area contributed by atoms with Crippen LogP contribution in [0.25, 0.3) is 9.81 Å². The largest absolute Gasteiger partial charge is 0.146 e. The summed E-state index contributed by atoms with van der Waals surface area (Å²) < 4.78 is 1.36. The number of benzene rings is 2. The summed E-state index contributed by atoms with van der Waals surface area (Å²) in [4.78, 5) is 5.28. The van der Waals surface area contributed by atoms with Gasteiger partial charge in [0.05, 0.1) is 14.7 Å². The Morgan fingerprint density at radius 3 is 2.04 bits per heavy atom. The van der Waals surface area contributed by atoms with E-state index in [1.165, 1.54) is 29.0 Å². The van der Waals surface area contributed by atoms with Gasteiger partial charge in [-0.3, -0.25) is 0 Å². The van der Waals surface area contributed by atoms with Crippen LogP contribution in [-0.2, 0) is 0 Å². The SMILES string of the molecule is CC(C)C1=C(c2ccccc2)S[NH+](S/C(=C(\S)C(C)C)c2ccccc2)S1. The molecule has 1 aliphatic rings. The Morgan fingerprint density at radius 1 is 0.889 bits per heavy atom. The maximum atomic E-state index is 4.87. The minimum absolute atomic E-state index is 0.402. The van der Waals surface area contributed by atoms with Crippen molar-refractivity contribution in [2.45, 2.75) is 27.7 Å². The van der Waals surface area contributed by atoms with Crippen LogP contribution < -0.4 is 3.12 Å². The Hall–Kier alpha value is -0.720. The summed E-state index contributed by atoms with van der Waals surface area (Å²) in [6.45, 7) is 8.98. The number of hydrogen-bond donors (Lipinski definition) is 2. The first-order valence-electron chi connectivity index (χ1n) is 9.16. The third-order valence-corrected chi connectivity index (χ3v) is 9.40. The Labute approximate surface area is 181 Å². The van der Waals surface area contributed by atoms with Gasteiger partial charge in [0.2, 0.25) is 0 Å². The Balaban J connectivity index is 1.88. The van der Waals surface area contributed by atoms with E-state index in [2.05, 4.69) is 88.4 Å². The molecule has 0 aliphatic carbocycles. The van der Waals surface area contributed by atoms with Crippen LogP contribution in [0, 0.1) is 11.8 Å². The lowest BCUT2D eigenvalue weighted by atomic mass is 10.1. The monoisotopic (exact) mass is 432 g/mol. The van der Waals surface area contributed by atoms with Crippen LogP contribution in [0.2, 0.25) is 0 Å². The summed E-state index contributed by atoms with van der Waals surface area (Å²) in [6, 6.07) is 21.4. The van der Waals surface area contributed by atoms with Gasteiger partial charge in [-0.25, -0.2) is 0 Å². The number of allylic oxidation sites excluding steroid dienone is 2. The summed E-state index contributed by atoms with van der Waals surface area (Å²) in [5.74, 6) is 0.916. The van der Waals surface area contributed by atoms with Crippen LogP contribution in [0.4, 0.5) is 0 Å². The van der Waals surface area contributed by atoms with Crippen molar-refractivity contribution in [1.82, 2.24) is 0 Å². The molecule has 0 bridgehead atoms. The summed E-state index contributed by atoms with van der Waals surface area (Å²) in [5.41, 5.74) is 2.56. The molecule has 1 N–H and O–H groups in total. The topological polar surface area (TPSA) is 4.44 Å². The number of thiol groups is 1. The van der Waals surface area contributed by atoms with Crippen LogP contribution >= 0.6 is 48.5 Å². The third-order valence-electron chi connectivity index (χ3n) is 4.16. The molecule has 142 valence electrons. The van der Waals surface area contributed by atoms with E-state index in [1.54, 1.807) is 0 Å². The van der Waals surface area contributed by atoms with Crippen molar-refractivity contribution in [3.05, 3.63) is 81.6 Å². The zero-order valence-electron chi connectivity index (χ0n) is 16.1. The van der Waals surface area contributed by atoms with Gasteiger partial charge in [0.15, 0.2) is 0 Å². The molecule has 5 heteroatoms. The van der Waals surface area contributed by atoms with Crippen molar-refractivity contribution in [2.24, 2.45) is 11.8 Å². The number of nitrogens with one attached hydrogen (secondary N) is 1. The molecule has 3 rings (SSSR count). The highest BCUT2D eigenvalue weighted by Crippen LogP contribution is 2.44. The fourth-order valence-electron chi connectivity index (χ4n) is 2.70. The lowest BCUT2D eigenvalue weighted by Crippen LogP contribution is -2.89. The van der Waals surface area contributed by atoms with Crippen LogP contribution in [0.3, 0.4) is 0 Å². The minimum atomic E-state index is 0.402. The lowest BCUT2D eigenvalue weighted by Gasteiger charge is -2.15. The molecule has 0 amide bonds. The maximum Gasteiger partial charge on any atom is 0.138 e. The molecule has 0 aromatic heterocycles. The third kappa shape index (κ3) is 5.21. The van der Waals surface area contributed by atoms with Crippen molar-refractivity contribution >= 4 is 58.3 Å². The summed E-state index contributed by atoms with van der Waals surface area (Å²) >= 11 is 10.6. The van der Waals surface area contributed by atoms with Gasteiger partial charge in [-0.15, -0.1) is 15.7 Å². The second-order valence-electron chi connectivity index (χ2n) is 7.01. The van der Waals surface area contributed by atoms with Gasteiger partial charge in [0.1, 0.15) is 35.8 Å². The average Bonchev–Trinajstić information content (AvgIpc) is 3.11. The molecule has 27 heavy (non-hydrogen) atoms. The summed E-state index contributed by atoms with van der Waals surface area (Å²) in [5, 5.41) is 0. The normalized spacial score (nSPS) is 18.4. The highest BCUT2D eigenvalue weighted by atomic mass is 32.3. The van der Waals surface area contributed by atoms with Gasteiger partial charge in [-0.1, -0.05) is 88.4 Å². The van der Waals surface area contributed by atoms with Crippen molar-refractivity contribution in [1.29, 1.82) is 0 Å². The van der Waals surface area contributed by atoms with Crippen molar-refractivity contribution in [2.75, 3.05) is 0 Å². The van der Waals surface area contributed by atoms with Crippen LogP contribution in [0.15, 0.2) is 70.5 Å². The molecule has 0 saturated carbocycles. The van der Waals surface area contributed by atoms with E-state index >= 15 is 0 Å². The molecule has 0 spiro atoms. The first-order valence-corrected chi connectivity index (χ1v) is 12.1. The van der Waals surface area contributed by atoms with E-state index in [9.17, 15) is 0 Å². The summed E-state index contributed by atoms with van der Waals surface area (Å²) in [6.07, 6.45) is 0. The van der Waals surface area contributed by atoms with Gasteiger partial charge in [-0.2, -0.15) is 0 Å². The van der Waals surface area contributed by atoms with Crippen LogP contribution in [0.5, 0.6) is 0 Å². The van der Waals surface area contributed by atoms with Crippen LogP contribution in [-0.4, -0.2) is 0 Å². The smallest absolute Gasteiger partial charge is 0.138 e. The second kappa shape index (κ2) is 9.66. The second-order valence-corrected chi connectivity index (χ2v) is 11.4. The van der Waals surface area contributed by atoms with Gasteiger partial charge in [0, 0.05) is 4.91 Å². The van der Waals surface area contributed by atoms with Crippen LogP contribution in [0.1, 0.15) is 38.8 Å². The molecule has 0 fully saturated rings. The molecule has 1 aliphatic heterocycles. The predicted octanol–water partition coefficient (Wildman–Crippen LogP) is 6.81. The van der Waals surface area contributed by atoms with Crippen molar-refractivity contribution in [3.63, 3.8) is 0 Å². The quantitative estimate of drug-likeness (QED) is 0.382. The van der Waals surface area contributed by atoms with E-state index in [4.69, 9.17) is 12.6 Å². The van der Waals surface area contributed by atoms with Crippen molar-refractivity contribution in [3.8, 4) is 0 Å². The lowest BCUT2D eigenvalue weighted by molar-refractivity contribution is -0.387. The molecular weight excluding hydrogens is 407 g/mol. The number of quaternary nitrogens is 1. The fourth-order valence-corrected chi connectivity index (χ4v) is 7.40. The van der Waals surface area contributed by atoms with E-state index < -0.39 is 0 Å². The zero-order valence-corrected chi connectivity index (χ0v) is 19.4. The molecular formula is C22H26NS4+. The summed E-state index contributed by atoms with van der Waals surface area (Å²) in [7, 11) is 0. The van der Waals surface area contributed by atoms with E-state index in [0.717, 1.165) is 4.91 Å². The minimum Gasteiger partial charge on any atom is -0.146 e. The predicted molar refractivity (Wildman–Crippen MR) is 129 cm³/mol. The van der Waals surface area contributed by atoms with Crippen molar-refractivity contribution < 1.29 is 3.12 Å². The van der Waals surface area contributed by atoms with Gasteiger partial charge < -0.3 is 0 Å². The molecule has 2 aromatic rings. The molecule has 2 aromatic carbocycles. The van der Waals surface area contributed by atoms with Gasteiger partial charge in [0.25, 0.3) is 0 Å². The van der Waals surface area contributed by atoms with E-state index in [-0.39, 0.29) is 0 Å². The number of rotatable bonds is 6. The fraction of sp³-hybridized carbons (Fsp3) is 0.273. The average molecular weight is 433 g/mol.